The predicted molar refractivity (Wildman–Crippen MR) is 212 cm³/mol. The van der Waals surface area contributed by atoms with Crippen molar-refractivity contribution in [1.29, 1.82) is 0 Å². The normalized spacial score (nSPS) is 11.8. The molecule has 1 heterocycles. The largest absolute Gasteiger partial charge is 0.321 e. The van der Waals surface area contributed by atoms with Gasteiger partial charge < -0.3 is 16.0 Å². The van der Waals surface area contributed by atoms with Gasteiger partial charge >= 0.3 is 0 Å². The number of hydrogen-bond donors (Lipinski definition) is 3. The first-order chi connectivity index (χ1) is 24.7. The van der Waals surface area contributed by atoms with Crippen LogP contribution in [0.15, 0.2) is 148 Å². The Kier molecular flexibility index (Phi) is 12.0. The van der Waals surface area contributed by atoms with E-state index in [4.69, 9.17) is 23.2 Å². The van der Waals surface area contributed by atoms with E-state index in [0.29, 0.717) is 37.7 Å². The summed E-state index contributed by atoms with van der Waals surface area (Å²) in [4.78, 5) is 45.9. The maximum Gasteiger partial charge on any atom is 0.272 e. The lowest BCUT2D eigenvalue weighted by molar-refractivity contribution is -0.116. The quantitative estimate of drug-likeness (QED) is 0.0893. The van der Waals surface area contributed by atoms with Gasteiger partial charge in [0, 0.05) is 31.6 Å². The molecular formula is C39H27BrCl2N4O3S2. The van der Waals surface area contributed by atoms with E-state index in [1.807, 2.05) is 78.2 Å². The van der Waals surface area contributed by atoms with Crippen LogP contribution in [-0.2, 0) is 9.59 Å². The Balaban J connectivity index is 1.21. The molecule has 0 bridgehead atoms. The van der Waals surface area contributed by atoms with Crippen molar-refractivity contribution in [2.75, 3.05) is 10.6 Å². The van der Waals surface area contributed by atoms with Crippen molar-refractivity contribution in [2.24, 2.45) is 0 Å². The Hall–Kier alpha value is -4.71. The summed E-state index contributed by atoms with van der Waals surface area (Å²) in [6, 6.07) is 37.9. The first-order valence-corrected chi connectivity index (χ1v) is 18.7. The van der Waals surface area contributed by atoms with E-state index < -0.39 is 17.1 Å². The SMILES string of the molecule is O=C(Nc1cccc(SC(C(=O)Nc2nc(-c3ccc(Cl)c(Cl)c3)cs2)c2ccccc2)c1)/C(=C\c1cccc(Br)c1)NC(=O)c1ccccc1. The lowest BCUT2D eigenvalue weighted by Crippen LogP contribution is -2.30. The van der Waals surface area contributed by atoms with E-state index in [1.165, 1.54) is 23.1 Å². The van der Waals surface area contributed by atoms with Crippen LogP contribution in [0, 0.1) is 0 Å². The molecule has 0 radical (unpaired) electrons. The summed E-state index contributed by atoms with van der Waals surface area (Å²) >= 11 is 18.4. The molecule has 6 rings (SSSR count). The number of amides is 3. The van der Waals surface area contributed by atoms with Gasteiger partial charge in [0.15, 0.2) is 5.13 Å². The summed E-state index contributed by atoms with van der Waals surface area (Å²) < 4.78 is 0.828. The van der Waals surface area contributed by atoms with E-state index in [1.54, 1.807) is 60.7 Å². The predicted octanol–water partition coefficient (Wildman–Crippen LogP) is 10.8. The van der Waals surface area contributed by atoms with E-state index in [2.05, 4.69) is 36.9 Å². The number of anilines is 2. The minimum Gasteiger partial charge on any atom is -0.321 e. The fourth-order valence-corrected chi connectivity index (χ4v) is 7.40. The lowest BCUT2D eigenvalue weighted by Gasteiger charge is -2.17. The number of halogens is 3. The Morgan fingerprint density at radius 1 is 0.784 bits per heavy atom. The van der Waals surface area contributed by atoms with Gasteiger partial charge in [0.1, 0.15) is 10.9 Å². The van der Waals surface area contributed by atoms with Crippen molar-refractivity contribution in [3.8, 4) is 11.3 Å². The third kappa shape index (κ3) is 9.75. The minimum atomic E-state index is -0.647. The molecule has 7 nitrogen and oxygen atoms in total. The van der Waals surface area contributed by atoms with Gasteiger partial charge in [-0.3, -0.25) is 14.4 Å². The summed E-state index contributed by atoms with van der Waals surface area (Å²) in [6.45, 7) is 0. The highest BCUT2D eigenvalue weighted by atomic mass is 79.9. The Labute approximate surface area is 321 Å². The van der Waals surface area contributed by atoms with Crippen LogP contribution in [0.4, 0.5) is 10.8 Å². The summed E-state index contributed by atoms with van der Waals surface area (Å²) in [5, 5.41) is 11.1. The molecule has 0 aliphatic heterocycles. The van der Waals surface area contributed by atoms with Gasteiger partial charge in [-0.25, -0.2) is 4.98 Å². The molecule has 0 aliphatic carbocycles. The molecule has 5 aromatic carbocycles. The molecule has 3 amide bonds. The van der Waals surface area contributed by atoms with Gasteiger partial charge in [-0.15, -0.1) is 23.1 Å². The number of carbonyl (C=O) groups is 3. The number of benzene rings is 5. The minimum absolute atomic E-state index is 0.0604. The Morgan fingerprint density at radius 2 is 1.53 bits per heavy atom. The van der Waals surface area contributed by atoms with Crippen molar-refractivity contribution in [3.63, 3.8) is 0 Å². The van der Waals surface area contributed by atoms with Crippen LogP contribution in [0.2, 0.25) is 10.0 Å². The van der Waals surface area contributed by atoms with Gasteiger partial charge in [-0.2, -0.15) is 0 Å². The van der Waals surface area contributed by atoms with Gasteiger partial charge in [-0.1, -0.05) is 112 Å². The number of thiazole rings is 1. The molecule has 6 aromatic rings. The molecule has 12 heteroatoms. The van der Waals surface area contributed by atoms with Crippen LogP contribution in [-0.4, -0.2) is 22.7 Å². The molecule has 1 aromatic heterocycles. The van der Waals surface area contributed by atoms with Crippen LogP contribution < -0.4 is 16.0 Å². The molecule has 0 saturated heterocycles. The van der Waals surface area contributed by atoms with Crippen LogP contribution in [0.1, 0.15) is 26.7 Å². The van der Waals surface area contributed by atoms with E-state index >= 15 is 0 Å². The number of nitrogens with zero attached hydrogens (tertiary/aromatic N) is 1. The summed E-state index contributed by atoms with van der Waals surface area (Å²) in [7, 11) is 0. The topological polar surface area (TPSA) is 100 Å². The second-order valence-corrected chi connectivity index (χ2v) is 14.7. The van der Waals surface area contributed by atoms with Gasteiger partial charge in [0.05, 0.1) is 15.7 Å². The number of hydrogen-bond acceptors (Lipinski definition) is 6. The number of thioether (sulfide) groups is 1. The summed E-state index contributed by atoms with van der Waals surface area (Å²) in [5.74, 6) is -1.20. The Bertz CT molecular complexity index is 2230. The molecule has 254 valence electrons. The number of rotatable bonds is 11. The maximum absolute atomic E-state index is 13.8. The van der Waals surface area contributed by atoms with Crippen LogP contribution in [0.25, 0.3) is 17.3 Å². The molecule has 3 N–H and O–H groups in total. The molecule has 1 unspecified atom stereocenters. The third-order valence-corrected chi connectivity index (χ3v) is 10.6. The average Bonchev–Trinajstić information content (AvgIpc) is 3.60. The molecule has 1 atom stereocenters. The third-order valence-electron chi connectivity index (χ3n) is 7.32. The van der Waals surface area contributed by atoms with E-state index in [9.17, 15) is 14.4 Å². The smallest absolute Gasteiger partial charge is 0.272 e. The van der Waals surface area contributed by atoms with Crippen molar-refractivity contribution >= 4 is 96.8 Å². The van der Waals surface area contributed by atoms with Gasteiger partial charge in [-0.05, 0) is 71.8 Å². The zero-order valence-corrected chi connectivity index (χ0v) is 31.2. The number of aromatic nitrogens is 1. The van der Waals surface area contributed by atoms with E-state index in [-0.39, 0.29) is 11.6 Å². The molecule has 0 fully saturated rings. The molecule has 0 spiro atoms. The Morgan fingerprint density at radius 3 is 2.27 bits per heavy atom. The van der Waals surface area contributed by atoms with Crippen molar-refractivity contribution in [3.05, 3.63) is 170 Å². The zero-order valence-electron chi connectivity index (χ0n) is 26.5. The lowest BCUT2D eigenvalue weighted by atomic mass is 10.1. The van der Waals surface area contributed by atoms with Crippen LogP contribution in [0.3, 0.4) is 0 Å². The first kappa shape index (κ1) is 36.1. The fraction of sp³-hybridized carbons (Fsp3) is 0.0256. The van der Waals surface area contributed by atoms with Crippen LogP contribution >= 0.6 is 62.2 Å². The highest BCUT2D eigenvalue weighted by Gasteiger charge is 2.24. The maximum atomic E-state index is 13.8. The second-order valence-electron chi connectivity index (χ2n) is 11.0. The standard InChI is InChI=1S/C39H27BrCl2N4O3S2/c40-28-14-7-9-24(19-28)20-33(44-36(47)26-12-5-2-6-13-26)37(48)43-29-15-8-16-30(22-29)51-35(25-10-3-1-4-11-25)38(49)46-39-45-34(23-50-39)27-17-18-31(41)32(42)21-27/h1-23,35H,(H,43,48)(H,44,47)(H,45,46,49)/b33-20+. The van der Waals surface area contributed by atoms with Crippen molar-refractivity contribution in [1.82, 2.24) is 10.3 Å². The monoisotopic (exact) mass is 812 g/mol. The average molecular weight is 815 g/mol. The molecule has 0 aliphatic rings. The highest BCUT2D eigenvalue weighted by Crippen LogP contribution is 2.38. The molecular weight excluding hydrogens is 787 g/mol. The van der Waals surface area contributed by atoms with E-state index in [0.717, 1.165) is 20.5 Å². The molecule has 0 saturated carbocycles. The molecule has 51 heavy (non-hydrogen) atoms. The first-order valence-electron chi connectivity index (χ1n) is 15.4. The fourth-order valence-electron chi connectivity index (χ4n) is 4.88. The van der Waals surface area contributed by atoms with Crippen molar-refractivity contribution < 1.29 is 14.4 Å². The van der Waals surface area contributed by atoms with Gasteiger partial charge in [0.2, 0.25) is 5.91 Å². The van der Waals surface area contributed by atoms with Gasteiger partial charge in [0.25, 0.3) is 11.8 Å². The van der Waals surface area contributed by atoms with Crippen LogP contribution in [0.5, 0.6) is 0 Å². The highest BCUT2D eigenvalue weighted by molar-refractivity contribution is 9.10. The second kappa shape index (κ2) is 17.0. The number of carbonyl (C=O) groups excluding carboxylic acids is 3. The zero-order chi connectivity index (χ0) is 35.7. The summed E-state index contributed by atoms with van der Waals surface area (Å²) in [5.41, 5.74) is 3.91. The van der Waals surface area contributed by atoms with Crippen molar-refractivity contribution in [2.45, 2.75) is 10.1 Å². The summed E-state index contributed by atoms with van der Waals surface area (Å²) in [6.07, 6.45) is 1.61. The number of nitrogens with one attached hydrogen (secondary N) is 3.